The van der Waals surface area contributed by atoms with Gasteiger partial charge in [0, 0.05) is 25.2 Å². The van der Waals surface area contributed by atoms with E-state index in [1.807, 2.05) is 0 Å². The molecule has 25 heavy (non-hydrogen) atoms. The zero-order chi connectivity index (χ0) is 17.7. The number of fused-ring (bicyclic) bond motifs is 2. The van der Waals surface area contributed by atoms with Crippen molar-refractivity contribution in [2.75, 3.05) is 19.6 Å². The van der Waals surface area contributed by atoms with Gasteiger partial charge in [-0.1, -0.05) is 58.0 Å². The molecule has 1 aromatic carbocycles. The summed E-state index contributed by atoms with van der Waals surface area (Å²) < 4.78 is 0. The van der Waals surface area contributed by atoms with Gasteiger partial charge in [-0.15, -0.1) is 0 Å². The highest BCUT2D eigenvalue weighted by atomic mass is 15.2. The highest BCUT2D eigenvalue weighted by Crippen LogP contribution is 2.67. The molecular weight excluding hydrogens is 304 g/mol. The topological polar surface area (TPSA) is 15.3 Å². The molecule has 3 aliphatic rings. The summed E-state index contributed by atoms with van der Waals surface area (Å²) in [5.74, 6) is 1.62. The molecule has 3 fully saturated rings. The third-order valence-corrected chi connectivity index (χ3v) is 8.37. The van der Waals surface area contributed by atoms with Crippen LogP contribution in [0.2, 0.25) is 0 Å². The molecule has 1 aromatic rings. The summed E-state index contributed by atoms with van der Waals surface area (Å²) in [6.07, 6.45) is 5.56. The molecule has 0 radical (unpaired) electrons. The van der Waals surface area contributed by atoms with Crippen molar-refractivity contribution in [1.82, 2.24) is 10.2 Å². The van der Waals surface area contributed by atoms with Crippen molar-refractivity contribution < 1.29 is 0 Å². The minimum Gasteiger partial charge on any atom is -0.315 e. The second kappa shape index (κ2) is 6.39. The van der Waals surface area contributed by atoms with Crippen LogP contribution in [0.3, 0.4) is 0 Å². The molecule has 2 saturated heterocycles. The van der Waals surface area contributed by atoms with Crippen LogP contribution in [0.5, 0.6) is 0 Å². The van der Waals surface area contributed by atoms with E-state index in [1.165, 1.54) is 38.8 Å². The molecule has 2 atom stereocenters. The zero-order valence-corrected chi connectivity index (χ0v) is 16.6. The Morgan fingerprint density at radius 1 is 0.960 bits per heavy atom. The molecule has 0 spiro atoms. The number of rotatable bonds is 6. The third-order valence-electron chi connectivity index (χ3n) is 8.37. The van der Waals surface area contributed by atoms with Gasteiger partial charge in [-0.25, -0.2) is 0 Å². The van der Waals surface area contributed by atoms with Crippen molar-refractivity contribution in [2.24, 2.45) is 16.7 Å². The minimum atomic E-state index is 0.507. The van der Waals surface area contributed by atoms with Gasteiger partial charge in [0.15, 0.2) is 0 Å². The molecule has 1 saturated carbocycles. The Morgan fingerprint density at radius 2 is 1.56 bits per heavy atom. The molecular formula is C23H36N2. The molecule has 0 amide bonds. The molecule has 4 rings (SSSR count). The maximum Gasteiger partial charge on any atom is 0.0113 e. The van der Waals surface area contributed by atoms with Crippen LogP contribution in [0.15, 0.2) is 30.3 Å². The lowest BCUT2D eigenvalue weighted by Gasteiger charge is -2.39. The number of hydrogen-bond acceptors (Lipinski definition) is 2. The van der Waals surface area contributed by atoms with Gasteiger partial charge in [-0.05, 0) is 60.5 Å². The lowest BCUT2D eigenvalue weighted by atomic mass is 9.85. The second-order valence-electron chi connectivity index (χ2n) is 9.90. The fourth-order valence-electron chi connectivity index (χ4n) is 5.93. The molecule has 2 heterocycles. The van der Waals surface area contributed by atoms with Crippen molar-refractivity contribution >= 4 is 0 Å². The van der Waals surface area contributed by atoms with Crippen LogP contribution in [0, 0.1) is 16.7 Å². The number of nitrogens with zero attached hydrogens (tertiary/aromatic N) is 1. The van der Waals surface area contributed by atoms with Gasteiger partial charge in [0.2, 0.25) is 0 Å². The Balaban J connectivity index is 1.25. The zero-order valence-electron chi connectivity index (χ0n) is 16.6. The quantitative estimate of drug-likeness (QED) is 0.757. The summed E-state index contributed by atoms with van der Waals surface area (Å²) in [5.41, 5.74) is 2.58. The van der Waals surface area contributed by atoms with Gasteiger partial charge in [0.25, 0.3) is 0 Å². The molecule has 2 heteroatoms. The van der Waals surface area contributed by atoms with Gasteiger partial charge in [-0.3, -0.25) is 4.90 Å². The first kappa shape index (κ1) is 17.5. The molecule has 2 bridgehead atoms. The van der Waals surface area contributed by atoms with Crippen molar-refractivity contribution in [3.05, 3.63) is 35.9 Å². The number of benzene rings is 1. The predicted octanol–water partition coefficient (Wildman–Crippen LogP) is 4.67. The highest BCUT2D eigenvalue weighted by molar-refractivity contribution is 5.22. The first-order valence-corrected chi connectivity index (χ1v) is 10.4. The monoisotopic (exact) mass is 340 g/mol. The molecule has 0 aromatic heterocycles. The highest BCUT2D eigenvalue weighted by Gasteiger charge is 2.63. The van der Waals surface area contributed by atoms with Gasteiger partial charge in [-0.2, -0.15) is 0 Å². The van der Waals surface area contributed by atoms with E-state index in [1.54, 1.807) is 5.56 Å². The molecule has 138 valence electrons. The number of piperidine rings is 1. The normalized spacial score (nSPS) is 33.5. The van der Waals surface area contributed by atoms with Gasteiger partial charge >= 0.3 is 0 Å². The number of nitrogens with one attached hydrogen (secondary N) is 1. The third kappa shape index (κ3) is 3.06. The fourth-order valence-corrected chi connectivity index (χ4v) is 5.93. The van der Waals surface area contributed by atoms with E-state index < -0.39 is 0 Å². The average molecular weight is 341 g/mol. The SMILES string of the molecule is CC1(C)C(CNCCN2C3CCC2CC(c2ccccc2)C3)C1(C)C. The Hall–Kier alpha value is -0.860. The van der Waals surface area contributed by atoms with Gasteiger partial charge < -0.3 is 5.32 Å². The van der Waals surface area contributed by atoms with Crippen molar-refractivity contribution in [1.29, 1.82) is 0 Å². The Bertz CT molecular complexity index is 563. The number of hydrogen-bond donors (Lipinski definition) is 1. The van der Waals surface area contributed by atoms with Gasteiger partial charge in [0.05, 0.1) is 0 Å². The van der Waals surface area contributed by atoms with E-state index >= 15 is 0 Å². The first-order valence-electron chi connectivity index (χ1n) is 10.4. The Labute approximate surface area is 154 Å². The van der Waals surface area contributed by atoms with E-state index in [2.05, 4.69) is 68.2 Å². The summed E-state index contributed by atoms with van der Waals surface area (Å²) in [6, 6.07) is 12.9. The van der Waals surface area contributed by atoms with Crippen LogP contribution in [0.25, 0.3) is 0 Å². The van der Waals surface area contributed by atoms with Crippen LogP contribution in [0.4, 0.5) is 0 Å². The molecule has 2 nitrogen and oxygen atoms in total. The van der Waals surface area contributed by atoms with Gasteiger partial charge in [0.1, 0.15) is 0 Å². The summed E-state index contributed by atoms with van der Waals surface area (Å²) in [7, 11) is 0. The van der Waals surface area contributed by atoms with Crippen LogP contribution in [-0.2, 0) is 0 Å². The smallest absolute Gasteiger partial charge is 0.0113 e. The largest absolute Gasteiger partial charge is 0.315 e. The second-order valence-corrected chi connectivity index (χ2v) is 9.90. The van der Waals surface area contributed by atoms with E-state index in [0.717, 1.165) is 30.5 Å². The Morgan fingerprint density at radius 3 is 2.12 bits per heavy atom. The molecule has 1 aliphatic carbocycles. The van der Waals surface area contributed by atoms with Crippen LogP contribution < -0.4 is 5.32 Å². The fraction of sp³-hybridized carbons (Fsp3) is 0.739. The molecule has 2 aliphatic heterocycles. The maximum absolute atomic E-state index is 3.78. The lowest BCUT2D eigenvalue weighted by molar-refractivity contribution is 0.127. The summed E-state index contributed by atoms with van der Waals surface area (Å²) >= 11 is 0. The standard InChI is InChI=1S/C23H36N2/c1-22(2)21(23(22,3)4)16-24-12-13-25-19-10-11-20(25)15-18(14-19)17-8-6-5-7-9-17/h5-9,18-21,24H,10-16H2,1-4H3. The summed E-state index contributed by atoms with van der Waals surface area (Å²) in [4.78, 5) is 2.83. The van der Waals surface area contributed by atoms with E-state index in [0.29, 0.717) is 10.8 Å². The van der Waals surface area contributed by atoms with Crippen molar-refractivity contribution in [2.45, 2.75) is 71.4 Å². The van der Waals surface area contributed by atoms with Crippen LogP contribution in [-0.4, -0.2) is 36.6 Å². The van der Waals surface area contributed by atoms with E-state index in [-0.39, 0.29) is 0 Å². The summed E-state index contributed by atoms with van der Waals surface area (Å²) in [6.45, 7) is 13.3. The van der Waals surface area contributed by atoms with Crippen LogP contribution in [0.1, 0.15) is 64.9 Å². The predicted molar refractivity (Wildman–Crippen MR) is 106 cm³/mol. The maximum atomic E-state index is 3.78. The molecule has 2 unspecified atom stereocenters. The Kier molecular flexibility index (Phi) is 4.48. The van der Waals surface area contributed by atoms with E-state index in [4.69, 9.17) is 0 Å². The first-order chi connectivity index (χ1) is 11.9. The van der Waals surface area contributed by atoms with Crippen molar-refractivity contribution in [3.63, 3.8) is 0 Å². The van der Waals surface area contributed by atoms with Crippen molar-refractivity contribution in [3.8, 4) is 0 Å². The van der Waals surface area contributed by atoms with E-state index in [9.17, 15) is 0 Å². The molecule has 1 N–H and O–H groups in total. The summed E-state index contributed by atoms with van der Waals surface area (Å²) in [5, 5.41) is 3.78. The van der Waals surface area contributed by atoms with Crippen LogP contribution >= 0.6 is 0 Å². The lowest BCUT2D eigenvalue weighted by Crippen LogP contribution is -2.45. The minimum absolute atomic E-state index is 0.507. The average Bonchev–Trinajstić information content (AvgIpc) is 2.86.